The summed E-state index contributed by atoms with van der Waals surface area (Å²) in [6.07, 6.45) is 0.834. The van der Waals surface area contributed by atoms with E-state index in [0.29, 0.717) is 0 Å². The van der Waals surface area contributed by atoms with E-state index < -0.39 is 11.9 Å². The van der Waals surface area contributed by atoms with Crippen LogP contribution < -0.4 is 5.32 Å². The Balaban J connectivity index is 2.98. The van der Waals surface area contributed by atoms with Crippen molar-refractivity contribution in [3.63, 3.8) is 0 Å². The van der Waals surface area contributed by atoms with Crippen LogP contribution in [0.2, 0.25) is 0 Å². The third-order valence-electron chi connectivity index (χ3n) is 2.63. The van der Waals surface area contributed by atoms with E-state index in [0.717, 1.165) is 6.42 Å². The van der Waals surface area contributed by atoms with Gasteiger partial charge in [0.2, 0.25) is 0 Å². The average Bonchev–Trinajstić information content (AvgIpc) is 2.40. The van der Waals surface area contributed by atoms with Crippen molar-refractivity contribution >= 4 is 11.7 Å². The first kappa shape index (κ1) is 10.8. The minimum absolute atomic E-state index is 0.0877. The highest BCUT2D eigenvalue weighted by atomic mass is 16.3. The summed E-state index contributed by atoms with van der Waals surface area (Å²) >= 11 is 0. The number of ketones is 1. The Labute approximate surface area is 83.0 Å². The summed E-state index contributed by atoms with van der Waals surface area (Å²) in [6.45, 7) is 5.17. The van der Waals surface area contributed by atoms with Gasteiger partial charge in [0.1, 0.15) is 11.3 Å². The summed E-state index contributed by atoms with van der Waals surface area (Å²) in [4.78, 5) is 22.4. The molecule has 78 valence electrons. The smallest absolute Gasteiger partial charge is 0.259 e. The molecule has 1 amide bonds. The Morgan fingerprint density at radius 1 is 1.64 bits per heavy atom. The third-order valence-corrected chi connectivity index (χ3v) is 2.63. The van der Waals surface area contributed by atoms with Crippen molar-refractivity contribution in [2.24, 2.45) is 5.92 Å². The van der Waals surface area contributed by atoms with Gasteiger partial charge in [0.25, 0.3) is 5.91 Å². The molecule has 2 N–H and O–H groups in total. The molecule has 0 fully saturated rings. The monoisotopic (exact) mass is 197 g/mol. The Morgan fingerprint density at radius 2 is 2.21 bits per heavy atom. The molecule has 0 unspecified atom stereocenters. The Morgan fingerprint density at radius 3 is 2.57 bits per heavy atom. The zero-order valence-electron chi connectivity index (χ0n) is 8.63. The van der Waals surface area contributed by atoms with Crippen molar-refractivity contribution in [2.75, 3.05) is 0 Å². The molecule has 1 aliphatic heterocycles. The standard InChI is InChI=1S/C10H15NO3/c1-4-5(2)8-9(13)7(6(3)12)10(14)11-8/h5,8,13H,4H2,1-3H3,(H,11,14)/t5-,8-/m0/s1. The highest BCUT2D eigenvalue weighted by Gasteiger charge is 2.36. The number of hydrogen-bond donors (Lipinski definition) is 2. The summed E-state index contributed by atoms with van der Waals surface area (Å²) in [5.41, 5.74) is -0.0877. The normalized spacial score (nSPS) is 23.6. The van der Waals surface area contributed by atoms with E-state index in [1.165, 1.54) is 6.92 Å². The van der Waals surface area contributed by atoms with Crippen molar-refractivity contribution in [3.05, 3.63) is 11.3 Å². The van der Waals surface area contributed by atoms with Crippen LogP contribution in [0.1, 0.15) is 27.2 Å². The third kappa shape index (κ3) is 1.64. The zero-order valence-corrected chi connectivity index (χ0v) is 8.63. The van der Waals surface area contributed by atoms with Crippen molar-refractivity contribution in [2.45, 2.75) is 33.2 Å². The minimum Gasteiger partial charge on any atom is -0.509 e. The molecule has 0 bridgehead atoms. The van der Waals surface area contributed by atoms with Gasteiger partial charge in [0, 0.05) is 0 Å². The van der Waals surface area contributed by atoms with Crippen LogP contribution in [0.4, 0.5) is 0 Å². The largest absolute Gasteiger partial charge is 0.509 e. The average molecular weight is 197 g/mol. The lowest BCUT2D eigenvalue weighted by Crippen LogP contribution is -2.34. The number of aliphatic hydroxyl groups excluding tert-OH is 1. The fraction of sp³-hybridized carbons (Fsp3) is 0.600. The predicted molar refractivity (Wildman–Crippen MR) is 51.7 cm³/mol. The summed E-state index contributed by atoms with van der Waals surface area (Å²) in [7, 11) is 0. The van der Waals surface area contributed by atoms with Gasteiger partial charge in [-0.2, -0.15) is 0 Å². The van der Waals surface area contributed by atoms with E-state index in [1.807, 2.05) is 13.8 Å². The number of hydrogen-bond acceptors (Lipinski definition) is 3. The van der Waals surface area contributed by atoms with E-state index in [2.05, 4.69) is 5.32 Å². The van der Waals surface area contributed by atoms with Gasteiger partial charge in [-0.3, -0.25) is 9.59 Å². The van der Waals surface area contributed by atoms with Crippen LogP contribution in [-0.4, -0.2) is 22.8 Å². The summed E-state index contributed by atoms with van der Waals surface area (Å²) in [6, 6.07) is -0.397. The lowest BCUT2D eigenvalue weighted by molar-refractivity contribution is -0.121. The first-order valence-corrected chi connectivity index (χ1v) is 4.74. The van der Waals surface area contributed by atoms with E-state index in [1.54, 1.807) is 0 Å². The predicted octanol–water partition coefficient (Wildman–Crippen LogP) is 0.932. The molecule has 4 nitrogen and oxygen atoms in total. The van der Waals surface area contributed by atoms with Crippen molar-refractivity contribution in [3.8, 4) is 0 Å². The van der Waals surface area contributed by atoms with Gasteiger partial charge in [-0.25, -0.2) is 0 Å². The Kier molecular flexibility index (Phi) is 2.93. The molecule has 0 aromatic rings. The van der Waals surface area contributed by atoms with Gasteiger partial charge in [-0.15, -0.1) is 0 Å². The second-order valence-corrected chi connectivity index (χ2v) is 3.65. The molecule has 1 rings (SSSR count). The molecule has 14 heavy (non-hydrogen) atoms. The molecule has 1 aliphatic rings. The molecule has 0 saturated carbocycles. The molecule has 1 heterocycles. The van der Waals surface area contributed by atoms with E-state index >= 15 is 0 Å². The summed E-state index contributed by atoms with van der Waals surface area (Å²) < 4.78 is 0. The maximum atomic E-state index is 11.3. The molecular formula is C10H15NO3. The van der Waals surface area contributed by atoms with Gasteiger partial charge in [-0.05, 0) is 12.8 Å². The summed E-state index contributed by atoms with van der Waals surface area (Å²) in [5, 5.41) is 12.3. The van der Waals surface area contributed by atoms with Crippen LogP contribution in [0.25, 0.3) is 0 Å². The molecule has 0 aromatic carbocycles. The van der Waals surface area contributed by atoms with Crippen molar-refractivity contribution < 1.29 is 14.7 Å². The van der Waals surface area contributed by atoms with Crippen LogP contribution >= 0.6 is 0 Å². The number of Topliss-reactive ketones (excluding diaryl/α,β-unsaturated/α-hetero) is 1. The molecule has 2 atom stereocenters. The second-order valence-electron chi connectivity index (χ2n) is 3.65. The van der Waals surface area contributed by atoms with Crippen LogP contribution in [0, 0.1) is 5.92 Å². The van der Waals surface area contributed by atoms with Gasteiger partial charge < -0.3 is 10.4 Å². The fourth-order valence-electron chi connectivity index (χ4n) is 1.54. The molecule has 0 radical (unpaired) electrons. The number of nitrogens with one attached hydrogen (secondary N) is 1. The molecule has 0 aliphatic carbocycles. The van der Waals surface area contributed by atoms with Crippen molar-refractivity contribution in [1.29, 1.82) is 0 Å². The Hall–Kier alpha value is -1.32. The Bertz CT molecular complexity index is 306. The minimum atomic E-state index is -0.458. The van der Waals surface area contributed by atoms with Crippen LogP contribution in [0.15, 0.2) is 11.3 Å². The topological polar surface area (TPSA) is 66.4 Å². The number of carbonyl (C=O) groups is 2. The maximum Gasteiger partial charge on any atom is 0.259 e. The van der Waals surface area contributed by atoms with Gasteiger partial charge >= 0.3 is 0 Å². The zero-order chi connectivity index (χ0) is 10.9. The van der Waals surface area contributed by atoms with E-state index in [9.17, 15) is 14.7 Å². The van der Waals surface area contributed by atoms with E-state index in [4.69, 9.17) is 0 Å². The lowest BCUT2D eigenvalue weighted by atomic mass is 9.97. The highest BCUT2D eigenvalue weighted by molar-refractivity contribution is 6.20. The molecule has 0 aromatic heterocycles. The molecule has 0 spiro atoms. The number of carbonyl (C=O) groups excluding carboxylic acids is 2. The SMILES string of the molecule is CC[C@H](C)[C@@H]1NC(=O)C(C(C)=O)=C1O. The maximum absolute atomic E-state index is 11.3. The quantitative estimate of drug-likeness (QED) is 0.661. The second kappa shape index (κ2) is 3.82. The molecule has 4 heteroatoms. The lowest BCUT2D eigenvalue weighted by Gasteiger charge is -2.17. The van der Waals surface area contributed by atoms with Crippen LogP contribution in [-0.2, 0) is 9.59 Å². The number of rotatable bonds is 3. The fourth-order valence-corrected chi connectivity index (χ4v) is 1.54. The first-order chi connectivity index (χ1) is 6.49. The molecule has 0 saturated heterocycles. The van der Waals surface area contributed by atoms with E-state index in [-0.39, 0.29) is 23.0 Å². The van der Waals surface area contributed by atoms with Gasteiger partial charge in [0.15, 0.2) is 5.78 Å². The first-order valence-electron chi connectivity index (χ1n) is 4.74. The molecular weight excluding hydrogens is 182 g/mol. The highest BCUT2D eigenvalue weighted by Crippen LogP contribution is 2.23. The van der Waals surface area contributed by atoms with Crippen molar-refractivity contribution in [1.82, 2.24) is 5.32 Å². The van der Waals surface area contributed by atoms with Gasteiger partial charge in [0.05, 0.1) is 6.04 Å². The van der Waals surface area contributed by atoms with Crippen LogP contribution in [0.5, 0.6) is 0 Å². The van der Waals surface area contributed by atoms with Gasteiger partial charge in [-0.1, -0.05) is 20.3 Å². The summed E-state index contributed by atoms with van der Waals surface area (Å²) in [5.74, 6) is -0.807. The van der Waals surface area contributed by atoms with Crippen LogP contribution in [0.3, 0.4) is 0 Å². The number of aliphatic hydroxyl groups is 1. The number of amides is 1.